The summed E-state index contributed by atoms with van der Waals surface area (Å²) in [6.07, 6.45) is 6.53. The van der Waals surface area contributed by atoms with Crippen LogP contribution < -0.4 is 0 Å². The van der Waals surface area contributed by atoms with E-state index in [2.05, 4.69) is 93.6 Å². The number of nitrogens with zero attached hydrogens (tertiary/aromatic N) is 4. The van der Waals surface area contributed by atoms with E-state index in [4.69, 9.17) is 13.0 Å². The smallest absolute Gasteiger partial charge is 0.183 e. The van der Waals surface area contributed by atoms with Crippen molar-refractivity contribution in [1.29, 1.82) is 0 Å². The summed E-state index contributed by atoms with van der Waals surface area (Å²) in [5.41, 5.74) is 9.04. The number of imidazole rings is 2. The second-order valence-electron chi connectivity index (χ2n) is 10.7. The van der Waals surface area contributed by atoms with Crippen molar-refractivity contribution in [1.82, 2.24) is 29.6 Å². The number of hydrogen-bond acceptors (Lipinski definition) is 4. The van der Waals surface area contributed by atoms with E-state index in [1.807, 2.05) is 11.0 Å². The second-order valence-corrected chi connectivity index (χ2v) is 10.7. The van der Waals surface area contributed by atoms with E-state index in [0.29, 0.717) is 6.04 Å². The maximum atomic E-state index is 6.15. The van der Waals surface area contributed by atoms with Gasteiger partial charge in [0.25, 0.3) is 0 Å². The van der Waals surface area contributed by atoms with E-state index in [1.165, 1.54) is 35.1 Å². The van der Waals surface area contributed by atoms with Crippen LogP contribution in [0, 0.1) is 0 Å². The average molecular weight is 498 g/mol. The minimum Gasteiger partial charge on any atom is -0.345 e. The van der Waals surface area contributed by atoms with Crippen molar-refractivity contribution in [3.8, 4) is 33.5 Å². The van der Waals surface area contributed by atoms with Crippen LogP contribution in [0.1, 0.15) is 49.4 Å². The molecule has 2 fully saturated rings. The number of rotatable bonds is 5. The first-order valence-electron chi connectivity index (χ1n) is 13.6. The lowest BCUT2D eigenvalue weighted by atomic mass is 9.99. The molecule has 0 aliphatic carbocycles. The first kappa shape index (κ1) is 23.4. The molecular formula is C31H31BN6. The molecule has 2 unspecified atom stereocenters. The lowest BCUT2D eigenvalue weighted by Crippen LogP contribution is -2.20. The highest BCUT2D eigenvalue weighted by molar-refractivity contribution is 6.04. The van der Waals surface area contributed by atoms with Crippen LogP contribution in [-0.4, -0.2) is 57.8 Å². The molecule has 2 saturated heterocycles. The van der Waals surface area contributed by atoms with Crippen LogP contribution >= 0.6 is 0 Å². The molecular weight excluding hydrogens is 467 g/mol. The zero-order chi connectivity index (χ0) is 25.6. The van der Waals surface area contributed by atoms with Gasteiger partial charge < -0.3 is 14.8 Å². The number of fused-ring (bicyclic) bond motifs is 1. The van der Waals surface area contributed by atoms with Crippen molar-refractivity contribution in [3.63, 3.8) is 0 Å². The van der Waals surface area contributed by atoms with Crippen LogP contribution in [-0.2, 0) is 0 Å². The van der Waals surface area contributed by atoms with Crippen molar-refractivity contribution in [2.75, 3.05) is 20.1 Å². The fraction of sp³-hybridized carbons (Fsp3) is 0.290. The lowest BCUT2D eigenvalue weighted by molar-refractivity contribution is 0.307. The van der Waals surface area contributed by atoms with Gasteiger partial charge in [-0.15, -0.1) is 0 Å². The molecule has 0 saturated carbocycles. The highest BCUT2D eigenvalue weighted by atomic mass is 15.2. The van der Waals surface area contributed by atoms with E-state index in [-0.39, 0.29) is 6.04 Å². The predicted octanol–water partition coefficient (Wildman–Crippen LogP) is 6.27. The average Bonchev–Trinajstić information content (AvgIpc) is 3.75. The maximum Gasteiger partial charge on any atom is 0.183 e. The Bertz CT molecular complexity index is 1570. The summed E-state index contributed by atoms with van der Waals surface area (Å²) in [5, 5.41) is 0. The number of aromatic nitrogens is 4. The molecule has 7 heteroatoms. The Hall–Kier alpha value is -3.68. The standard InChI is InChI=1S/C31H31BN6/c1-37-16-2-4-28(37)30-33-19-27(36-30)23-12-10-21(11-13-23)20-6-8-22(9-7-20)24-14-15-25-26(18-24)35-31(34-25)29-5-3-17-38(29)32/h6-15,18-19,28-29H,2-5,16-17H2,1H3,(H,33,36)(H,34,35). The van der Waals surface area contributed by atoms with Crippen LogP contribution in [0.4, 0.5) is 0 Å². The number of aromatic amines is 2. The fourth-order valence-electron chi connectivity index (χ4n) is 6.06. The van der Waals surface area contributed by atoms with Gasteiger partial charge in [0, 0.05) is 0 Å². The molecule has 2 aliphatic rings. The highest BCUT2D eigenvalue weighted by Gasteiger charge is 2.26. The van der Waals surface area contributed by atoms with E-state index in [0.717, 1.165) is 59.9 Å². The summed E-state index contributed by atoms with van der Waals surface area (Å²) in [4.78, 5) is 20.8. The third kappa shape index (κ3) is 4.26. The number of likely N-dealkylation sites (tertiary alicyclic amines) is 1. The van der Waals surface area contributed by atoms with Gasteiger partial charge in [-0.1, -0.05) is 54.6 Å². The molecule has 0 amide bonds. The third-order valence-electron chi connectivity index (χ3n) is 8.29. The van der Waals surface area contributed by atoms with Crippen LogP contribution in [0.15, 0.2) is 72.9 Å². The first-order chi connectivity index (χ1) is 18.6. The van der Waals surface area contributed by atoms with Crippen molar-refractivity contribution in [2.24, 2.45) is 0 Å². The van der Waals surface area contributed by atoms with Crippen molar-refractivity contribution in [3.05, 3.63) is 84.6 Å². The van der Waals surface area contributed by atoms with Crippen molar-refractivity contribution < 1.29 is 0 Å². The van der Waals surface area contributed by atoms with Gasteiger partial charge in [0.15, 0.2) is 7.98 Å². The Balaban J connectivity index is 1.08. The molecule has 38 heavy (non-hydrogen) atoms. The third-order valence-corrected chi connectivity index (χ3v) is 8.29. The number of hydrogen-bond donors (Lipinski definition) is 2. The molecule has 2 atom stereocenters. The molecule has 188 valence electrons. The van der Waals surface area contributed by atoms with Crippen LogP contribution in [0.25, 0.3) is 44.5 Å². The van der Waals surface area contributed by atoms with Gasteiger partial charge >= 0.3 is 0 Å². The Kier molecular flexibility index (Phi) is 5.90. The van der Waals surface area contributed by atoms with Gasteiger partial charge in [0.2, 0.25) is 0 Å². The molecule has 5 aromatic rings. The molecule has 2 aliphatic heterocycles. The summed E-state index contributed by atoms with van der Waals surface area (Å²) in [5.74, 6) is 2.04. The van der Waals surface area contributed by atoms with Crippen molar-refractivity contribution in [2.45, 2.75) is 37.8 Å². The highest BCUT2D eigenvalue weighted by Crippen LogP contribution is 2.33. The van der Waals surface area contributed by atoms with E-state index < -0.39 is 0 Å². The number of H-pyrrole nitrogens is 2. The second kappa shape index (κ2) is 9.57. The molecule has 6 nitrogen and oxygen atoms in total. The molecule has 2 aromatic heterocycles. The predicted molar refractivity (Wildman–Crippen MR) is 154 cm³/mol. The minimum absolute atomic E-state index is 0.181. The first-order valence-corrected chi connectivity index (χ1v) is 13.6. The minimum atomic E-state index is 0.181. The van der Waals surface area contributed by atoms with Gasteiger partial charge in [-0.3, -0.25) is 4.90 Å². The SMILES string of the molecule is [B]N1CCCC1c1nc2ccc(-c3ccc(-c4ccc(-c5cnc(C6CCCN6C)[nH]5)cc4)cc3)cc2[nH]1. The summed E-state index contributed by atoms with van der Waals surface area (Å²) in [6, 6.07) is 24.5. The van der Waals surface area contributed by atoms with E-state index >= 15 is 0 Å². The summed E-state index contributed by atoms with van der Waals surface area (Å²) < 4.78 is 0. The van der Waals surface area contributed by atoms with E-state index in [9.17, 15) is 0 Å². The molecule has 7 rings (SSSR count). The lowest BCUT2D eigenvalue weighted by Gasteiger charge is -2.16. The van der Waals surface area contributed by atoms with Gasteiger partial charge in [-0.25, -0.2) is 9.97 Å². The topological polar surface area (TPSA) is 63.8 Å². The molecule has 2 N–H and O–H groups in total. The normalized spacial score (nSPS) is 20.6. The van der Waals surface area contributed by atoms with Gasteiger partial charge in [0.1, 0.15) is 11.6 Å². The fourth-order valence-corrected chi connectivity index (χ4v) is 6.06. The largest absolute Gasteiger partial charge is 0.345 e. The Labute approximate surface area is 224 Å². The van der Waals surface area contributed by atoms with Gasteiger partial charge in [-0.2, -0.15) is 0 Å². The van der Waals surface area contributed by atoms with Crippen LogP contribution in [0.3, 0.4) is 0 Å². The number of nitrogens with one attached hydrogen (secondary N) is 2. The monoisotopic (exact) mass is 498 g/mol. The molecule has 2 radical (unpaired) electrons. The zero-order valence-electron chi connectivity index (χ0n) is 21.7. The van der Waals surface area contributed by atoms with Gasteiger partial charge in [0.05, 0.1) is 35.0 Å². The Morgan fingerprint density at radius 1 is 0.737 bits per heavy atom. The van der Waals surface area contributed by atoms with E-state index in [1.54, 1.807) is 0 Å². The molecule has 0 spiro atoms. The van der Waals surface area contributed by atoms with Gasteiger partial charge in [-0.05, 0) is 85.8 Å². The quantitative estimate of drug-likeness (QED) is 0.280. The Morgan fingerprint density at radius 2 is 1.37 bits per heavy atom. The summed E-state index contributed by atoms with van der Waals surface area (Å²) in [6.45, 7) is 2.06. The van der Waals surface area contributed by atoms with Crippen LogP contribution in [0.5, 0.6) is 0 Å². The summed E-state index contributed by atoms with van der Waals surface area (Å²) >= 11 is 0. The van der Waals surface area contributed by atoms with Crippen LogP contribution in [0.2, 0.25) is 0 Å². The maximum absolute atomic E-state index is 6.15. The molecule has 4 heterocycles. The Morgan fingerprint density at radius 3 is 2.03 bits per heavy atom. The molecule has 3 aromatic carbocycles. The molecule has 0 bridgehead atoms. The van der Waals surface area contributed by atoms with Crippen molar-refractivity contribution >= 4 is 19.0 Å². The zero-order valence-corrected chi connectivity index (χ0v) is 21.7. The number of benzene rings is 3. The summed E-state index contributed by atoms with van der Waals surface area (Å²) in [7, 11) is 8.33.